The number of urea groups is 1. The molecule has 0 saturated heterocycles. The van der Waals surface area contributed by atoms with Gasteiger partial charge in [0.1, 0.15) is 0 Å². The van der Waals surface area contributed by atoms with Crippen LogP contribution in [0.4, 0.5) is 4.79 Å². The number of hydrogen-bond acceptors (Lipinski definition) is 4. The Labute approximate surface area is 173 Å². The molecule has 0 aliphatic carbocycles. The van der Waals surface area contributed by atoms with Crippen molar-refractivity contribution in [3.63, 3.8) is 0 Å². The van der Waals surface area contributed by atoms with E-state index in [1.165, 1.54) is 0 Å². The second-order valence-corrected chi connectivity index (χ2v) is 6.60. The number of amides is 4. The van der Waals surface area contributed by atoms with Gasteiger partial charge in [0.25, 0.3) is 11.8 Å². The molecule has 4 amide bonds. The van der Waals surface area contributed by atoms with Gasteiger partial charge < -0.3 is 5.32 Å². The Kier molecular flexibility index (Phi) is 6.91. The fourth-order valence-electron chi connectivity index (χ4n) is 2.99. The molecule has 3 aromatic rings. The summed E-state index contributed by atoms with van der Waals surface area (Å²) in [6, 6.07) is 23.5. The lowest BCUT2D eigenvalue weighted by Gasteiger charge is -2.20. The summed E-state index contributed by atoms with van der Waals surface area (Å²) in [4.78, 5) is 36.3. The normalized spacial score (nSPS) is 11.2. The monoisotopic (exact) mass is 403 g/mol. The van der Waals surface area contributed by atoms with Gasteiger partial charge in [-0.1, -0.05) is 60.7 Å². The quantitative estimate of drug-likeness (QED) is 0.374. The van der Waals surface area contributed by atoms with E-state index in [0.717, 1.165) is 11.1 Å². The van der Waals surface area contributed by atoms with E-state index < -0.39 is 23.9 Å². The standard InChI is InChI=1S/C23H21N3O4/c27-21(18-9-5-2-6-10-18)25-23(29)24-20(15-16-7-3-1-4-8-16)17-11-13-19(14-12-17)22(28)26-30/h1-14,20,30H,15H2,(H,26,28)(H2,24,25,27,29). The molecular weight excluding hydrogens is 382 g/mol. The van der Waals surface area contributed by atoms with Crippen molar-refractivity contribution in [1.82, 2.24) is 16.1 Å². The summed E-state index contributed by atoms with van der Waals surface area (Å²) in [5.74, 6) is -1.12. The van der Waals surface area contributed by atoms with Crippen LogP contribution in [-0.2, 0) is 6.42 Å². The third kappa shape index (κ3) is 5.52. The number of hydroxylamine groups is 1. The topological polar surface area (TPSA) is 108 Å². The van der Waals surface area contributed by atoms with Crippen molar-refractivity contribution < 1.29 is 19.6 Å². The van der Waals surface area contributed by atoms with Crippen LogP contribution in [0.2, 0.25) is 0 Å². The lowest BCUT2D eigenvalue weighted by atomic mass is 9.98. The number of hydrogen-bond donors (Lipinski definition) is 4. The smallest absolute Gasteiger partial charge is 0.322 e. The number of rotatable bonds is 6. The van der Waals surface area contributed by atoms with Crippen molar-refractivity contribution in [2.75, 3.05) is 0 Å². The van der Waals surface area contributed by atoms with E-state index in [-0.39, 0.29) is 5.56 Å². The Bertz CT molecular complexity index is 1010. The molecular formula is C23H21N3O4. The highest BCUT2D eigenvalue weighted by atomic mass is 16.5. The molecule has 152 valence electrons. The van der Waals surface area contributed by atoms with Crippen molar-refractivity contribution in [2.24, 2.45) is 0 Å². The molecule has 30 heavy (non-hydrogen) atoms. The Morgan fingerprint density at radius 3 is 1.90 bits per heavy atom. The average Bonchev–Trinajstić information content (AvgIpc) is 2.79. The van der Waals surface area contributed by atoms with E-state index in [4.69, 9.17) is 5.21 Å². The summed E-state index contributed by atoms with van der Waals surface area (Å²) < 4.78 is 0. The fourth-order valence-corrected chi connectivity index (χ4v) is 2.99. The van der Waals surface area contributed by atoms with E-state index >= 15 is 0 Å². The van der Waals surface area contributed by atoms with Gasteiger partial charge in [-0.2, -0.15) is 0 Å². The van der Waals surface area contributed by atoms with Crippen LogP contribution in [0.5, 0.6) is 0 Å². The van der Waals surface area contributed by atoms with Crippen molar-refractivity contribution >= 4 is 17.8 Å². The Morgan fingerprint density at radius 1 is 0.733 bits per heavy atom. The first-order chi connectivity index (χ1) is 14.6. The Morgan fingerprint density at radius 2 is 1.30 bits per heavy atom. The molecule has 1 unspecified atom stereocenters. The lowest BCUT2D eigenvalue weighted by molar-refractivity contribution is 0.0706. The van der Waals surface area contributed by atoms with E-state index in [0.29, 0.717) is 12.0 Å². The highest BCUT2D eigenvalue weighted by molar-refractivity contribution is 6.04. The maximum atomic E-state index is 12.5. The minimum Gasteiger partial charge on any atom is -0.331 e. The van der Waals surface area contributed by atoms with E-state index in [2.05, 4.69) is 10.6 Å². The maximum absolute atomic E-state index is 12.5. The van der Waals surface area contributed by atoms with E-state index in [1.54, 1.807) is 60.1 Å². The zero-order valence-electron chi connectivity index (χ0n) is 16.0. The van der Waals surface area contributed by atoms with Crippen molar-refractivity contribution in [3.05, 3.63) is 107 Å². The van der Waals surface area contributed by atoms with Gasteiger partial charge in [-0.05, 0) is 41.8 Å². The maximum Gasteiger partial charge on any atom is 0.322 e. The van der Waals surface area contributed by atoms with Gasteiger partial charge in [-0.15, -0.1) is 0 Å². The van der Waals surface area contributed by atoms with Gasteiger partial charge >= 0.3 is 6.03 Å². The molecule has 0 heterocycles. The summed E-state index contributed by atoms with van der Waals surface area (Å²) >= 11 is 0. The second kappa shape index (κ2) is 9.99. The zero-order chi connectivity index (χ0) is 21.3. The van der Waals surface area contributed by atoms with E-state index in [1.807, 2.05) is 30.3 Å². The Balaban J connectivity index is 1.76. The first kappa shape index (κ1) is 20.8. The predicted octanol–water partition coefficient (Wildman–Crippen LogP) is 3.23. The zero-order valence-corrected chi connectivity index (χ0v) is 16.0. The second-order valence-electron chi connectivity index (χ2n) is 6.60. The summed E-state index contributed by atoms with van der Waals surface area (Å²) in [6.07, 6.45) is 0.485. The van der Waals surface area contributed by atoms with Crippen molar-refractivity contribution in [2.45, 2.75) is 12.5 Å². The molecule has 0 fully saturated rings. The molecule has 3 aromatic carbocycles. The van der Waals surface area contributed by atoms with Crippen LogP contribution >= 0.6 is 0 Å². The molecule has 0 aliphatic rings. The number of imide groups is 1. The molecule has 1 atom stereocenters. The number of carbonyl (C=O) groups is 3. The molecule has 7 heteroatoms. The summed E-state index contributed by atoms with van der Waals surface area (Å²) in [6.45, 7) is 0. The third-order valence-corrected chi connectivity index (χ3v) is 4.53. The first-order valence-electron chi connectivity index (χ1n) is 9.32. The SMILES string of the molecule is O=C(NC(=O)c1ccccc1)NC(Cc1ccccc1)c1ccc(C(=O)NO)cc1. The molecule has 0 saturated carbocycles. The van der Waals surface area contributed by atoms with Crippen molar-refractivity contribution in [1.29, 1.82) is 0 Å². The molecule has 4 N–H and O–H groups in total. The van der Waals surface area contributed by atoms with Crippen LogP contribution < -0.4 is 16.1 Å². The van der Waals surface area contributed by atoms with Crippen molar-refractivity contribution in [3.8, 4) is 0 Å². The molecule has 7 nitrogen and oxygen atoms in total. The van der Waals surface area contributed by atoms with Gasteiger partial charge in [0.2, 0.25) is 0 Å². The predicted molar refractivity (Wildman–Crippen MR) is 111 cm³/mol. The molecule has 0 bridgehead atoms. The highest BCUT2D eigenvalue weighted by Crippen LogP contribution is 2.19. The van der Waals surface area contributed by atoms with Gasteiger partial charge in [0, 0.05) is 11.1 Å². The fraction of sp³-hybridized carbons (Fsp3) is 0.0870. The van der Waals surface area contributed by atoms with Crippen LogP contribution in [0.25, 0.3) is 0 Å². The third-order valence-electron chi connectivity index (χ3n) is 4.53. The first-order valence-corrected chi connectivity index (χ1v) is 9.32. The molecule has 0 spiro atoms. The van der Waals surface area contributed by atoms with Crippen LogP contribution in [0.3, 0.4) is 0 Å². The minimum atomic E-state index is -0.625. The Hall–Kier alpha value is -3.97. The molecule has 0 aliphatic heterocycles. The van der Waals surface area contributed by atoms with Gasteiger partial charge in [-0.3, -0.25) is 20.1 Å². The van der Waals surface area contributed by atoms with Crippen LogP contribution in [0.15, 0.2) is 84.9 Å². The van der Waals surface area contributed by atoms with Gasteiger partial charge in [0.05, 0.1) is 6.04 Å². The number of carbonyl (C=O) groups excluding carboxylic acids is 3. The lowest BCUT2D eigenvalue weighted by Crippen LogP contribution is -2.41. The molecule has 3 rings (SSSR count). The summed E-state index contributed by atoms with van der Waals surface area (Å²) in [5, 5.41) is 13.9. The number of benzene rings is 3. The molecule has 0 radical (unpaired) electrons. The van der Waals surface area contributed by atoms with Crippen LogP contribution in [0.1, 0.15) is 37.9 Å². The van der Waals surface area contributed by atoms with Crippen LogP contribution in [-0.4, -0.2) is 23.1 Å². The summed E-state index contributed by atoms with van der Waals surface area (Å²) in [5.41, 5.74) is 3.99. The molecule has 0 aromatic heterocycles. The van der Waals surface area contributed by atoms with Crippen LogP contribution in [0, 0.1) is 0 Å². The minimum absolute atomic E-state index is 0.281. The number of nitrogens with one attached hydrogen (secondary N) is 3. The average molecular weight is 403 g/mol. The van der Waals surface area contributed by atoms with Gasteiger partial charge in [0.15, 0.2) is 0 Å². The highest BCUT2D eigenvalue weighted by Gasteiger charge is 2.18. The van der Waals surface area contributed by atoms with E-state index in [9.17, 15) is 14.4 Å². The largest absolute Gasteiger partial charge is 0.331 e. The summed E-state index contributed by atoms with van der Waals surface area (Å²) in [7, 11) is 0. The van der Waals surface area contributed by atoms with Gasteiger partial charge in [-0.25, -0.2) is 10.3 Å².